The fourth-order valence-corrected chi connectivity index (χ4v) is 9.36. The second kappa shape index (κ2) is 12.2. The molecule has 2 aromatic carbocycles. The van der Waals surface area contributed by atoms with E-state index >= 15 is 4.79 Å². The summed E-state index contributed by atoms with van der Waals surface area (Å²) in [5.74, 6) is -4.20. The van der Waals surface area contributed by atoms with Crippen molar-refractivity contribution in [3.63, 3.8) is 0 Å². The van der Waals surface area contributed by atoms with Crippen molar-refractivity contribution in [2.24, 2.45) is 0 Å². The van der Waals surface area contributed by atoms with Crippen molar-refractivity contribution in [2.45, 2.75) is 34.5 Å². The first-order valence-electron chi connectivity index (χ1n) is 13.2. The molecule has 0 aliphatic carbocycles. The molecule has 18 heteroatoms. The molecule has 0 radical (unpaired) electrons. The molecule has 1 aromatic heterocycles. The predicted octanol–water partition coefficient (Wildman–Crippen LogP) is 5.33. The molecular formula is C28H23Cl3F3N3O7S2. The van der Waals surface area contributed by atoms with Gasteiger partial charge in [-0.1, -0.05) is 53.0 Å². The lowest BCUT2D eigenvalue weighted by Gasteiger charge is -2.41. The van der Waals surface area contributed by atoms with E-state index in [1.165, 1.54) is 62.5 Å². The molecule has 10 nitrogen and oxygen atoms in total. The molecule has 2 aliphatic heterocycles. The van der Waals surface area contributed by atoms with Crippen LogP contribution >= 0.6 is 46.1 Å². The SMILES string of the molecule is COc1ccccc1C1(N2C[C@H](OC(=O)C(F)(F)F)C[C@H]2C(=O)N(C)C)C(=O)N(S(=O)(=O)c2cc(Cl)c(Cl)s2)c2ccc(Cl)cc21. The second-order valence-electron chi connectivity index (χ2n) is 10.5. The maximum absolute atomic E-state index is 15.1. The van der Waals surface area contributed by atoms with Gasteiger partial charge in [0.1, 0.15) is 20.4 Å². The summed E-state index contributed by atoms with van der Waals surface area (Å²) in [6, 6.07) is 9.73. The first-order chi connectivity index (χ1) is 21.5. The molecule has 46 heavy (non-hydrogen) atoms. The fourth-order valence-electron chi connectivity index (χ4n) is 5.77. The lowest BCUT2D eigenvalue weighted by molar-refractivity contribution is -0.204. The smallest absolute Gasteiger partial charge is 0.490 e. The van der Waals surface area contributed by atoms with Gasteiger partial charge in [-0.3, -0.25) is 14.5 Å². The number of rotatable bonds is 7. The van der Waals surface area contributed by atoms with Crippen LogP contribution in [-0.4, -0.2) is 82.1 Å². The Labute approximate surface area is 280 Å². The standard InChI is InChI=1S/C28H23Cl3F3N3O7S2/c1-35(2)24(38)20-11-15(44-26(40)28(32,33)34)13-36(20)27(16-6-4-5-7-21(16)43-3)17-10-14(29)8-9-19(17)37(25(27)39)46(41,42)22-12-18(30)23(31)45-22/h4-10,12,15,20H,11,13H2,1-3H3/t15-,20+,27?/m1/s1. The number of likely N-dealkylation sites (N-methyl/N-ethyl adjacent to an activating group) is 1. The summed E-state index contributed by atoms with van der Waals surface area (Å²) < 4.78 is 78.7. The van der Waals surface area contributed by atoms with Crippen molar-refractivity contribution in [1.29, 1.82) is 0 Å². The number of anilines is 1. The number of hydrogen-bond acceptors (Lipinski definition) is 9. The summed E-state index contributed by atoms with van der Waals surface area (Å²) in [5, 5.41) is -0.00302. The molecule has 246 valence electrons. The van der Waals surface area contributed by atoms with Gasteiger partial charge in [-0.2, -0.15) is 25.9 Å². The van der Waals surface area contributed by atoms with Gasteiger partial charge < -0.3 is 14.4 Å². The minimum atomic E-state index is -5.34. The first-order valence-corrected chi connectivity index (χ1v) is 16.6. The Hall–Kier alpha value is -3.08. The number of carbonyl (C=O) groups is 3. The fraction of sp³-hybridized carbons (Fsp3) is 0.321. The van der Waals surface area contributed by atoms with Gasteiger partial charge in [0, 0.05) is 43.2 Å². The van der Waals surface area contributed by atoms with Gasteiger partial charge in [-0.05, 0) is 30.3 Å². The number of ether oxygens (including phenoxy) is 2. The number of fused-ring (bicyclic) bond motifs is 1. The van der Waals surface area contributed by atoms with Gasteiger partial charge in [0.15, 0.2) is 5.54 Å². The van der Waals surface area contributed by atoms with E-state index in [0.29, 0.717) is 15.6 Å². The number of carbonyl (C=O) groups excluding carboxylic acids is 3. The normalized spacial score (nSPS) is 21.8. The van der Waals surface area contributed by atoms with Gasteiger partial charge >= 0.3 is 12.1 Å². The Morgan fingerprint density at radius 2 is 1.74 bits per heavy atom. The van der Waals surface area contributed by atoms with Crippen LogP contribution in [0.1, 0.15) is 17.5 Å². The summed E-state index contributed by atoms with van der Waals surface area (Å²) in [5.41, 5.74) is -2.40. The van der Waals surface area contributed by atoms with Crippen LogP contribution in [0.3, 0.4) is 0 Å². The summed E-state index contributed by atoms with van der Waals surface area (Å²) >= 11 is 19.2. The number of likely N-dealkylation sites (tertiary alicyclic amines) is 1. The highest BCUT2D eigenvalue weighted by atomic mass is 35.5. The minimum Gasteiger partial charge on any atom is -0.496 e. The van der Waals surface area contributed by atoms with E-state index in [-0.39, 0.29) is 41.2 Å². The molecule has 5 rings (SSSR count). The van der Waals surface area contributed by atoms with Crippen LogP contribution in [0, 0.1) is 0 Å². The largest absolute Gasteiger partial charge is 0.496 e. The number of amides is 2. The molecule has 0 saturated carbocycles. The number of alkyl halides is 3. The predicted molar refractivity (Wildman–Crippen MR) is 164 cm³/mol. The molecule has 3 aromatic rings. The zero-order valence-corrected chi connectivity index (χ0v) is 27.9. The number of halogens is 6. The van der Waals surface area contributed by atoms with Gasteiger partial charge in [0.05, 0.1) is 23.9 Å². The third-order valence-corrected chi connectivity index (χ3v) is 11.8. The molecule has 3 heterocycles. The van der Waals surface area contributed by atoms with Crippen LogP contribution in [0.25, 0.3) is 0 Å². The minimum absolute atomic E-state index is 0.0221. The number of thiophene rings is 1. The number of sulfonamides is 1. The third-order valence-electron chi connectivity index (χ3n) is 7.60. The molecule has 1 unspecified atom stereocenters. The van der Waals surface area contributed by atoms with Crippen LogP contribution in [0.15, 0.2) is 52.7 Å². The van der Waals surface area contributed by atoms with Gasteiger partial charge in [0.2, 0.25) is 5.91 Å². The molecule has 1 fully saturated rings. The second-order valence-corrected chi connectivity index (χ2v) is 15.0. The van der Waals surface area contributed by atoms with E-state index in [0.717, 1.165) is 11.0 Å². The van der Waals surface area contributed by atoms with Crippen molar-refractivity contribution < 1.29 is 45.4 Å². The Morgan fingerprint density at radius 1 is 1.07 bits per heavy atom. The number of esters is 1. The summed E-state index contributed by atoms with van der Waals surface area (Å²) in [4.78, 5) is 43.1. The molecule has 2 aliphatic rings. The van der Waals surface area contributed by atoms with Gasteiger partial charge in [-0.15, -0.1) is 11.3 Å². The molecule has 1 saturated heterocycles. The summed E-state index contributed by atoms with van der Waals surface area (Å²) in [7, 11) is -0.663. The van der Waals surface area contributed by atoms with Gasteiger partial charge in [0.25, 0.3) is 15.9 Å². The van der Waals surface area contributed by atoms with E-state index in [1.807, 2.05) is 0 Å². The van der Waals surface area contributed by atoms with Crippen molar-refractivity contribution in [3.05, 3.63) is 74.0 Å². The van der Waals surface area contributed by atoms with Crippen molar-refractivity contribution in [3.8, 4) is 5.75 Å². The Bertz CT molecular complexity index is 1840. The van der Waals surface area contributed by atoms with Crippen molar-refractivity contribution >= 4 is 79.6 Å². The lowest BCUT2D eigenvalue weighted by atomic mass is 9.80. The van der Waals surface area contributed by atoms with E-state index < -0.39 is 64.6 Å². The number of nitrogens with zero attached hydrogens (tertiary/aromatic N) is 3. The lowest BCUT2D eigenvalue weighted by Crippen LogP contribution is -2.59. The Kier molecular flexibility index (Phi) is 9.07. The number of methoxy groups -OCH3 is 1. The number of benzene rings is 2. The molecule has 2 amide bonds. The number of hydrogen-bond donors (Lipinski definition) is 0. The van der Waals surface area contributed by atoms with E-state index in [4.69, 9.17) is 44.3 Å². The average molecular weight is 741 g/mol. The van der Waals surface area contributed by atoms with Crippen LogP contribution in [-0.2, 0) is 34.7 Å². The molecule has 0 N–H and O–H groups in total. The van der Waals surface area contributed by atoms with Gasteiger partial charge in [-0.25, -0.2) is 4.79 Å². The molecule has 3 atom stereocenters. The first kappa shape index (κ1) is 34.3. The third kappa shape index (κ3) is 5.50. The highest BCUT2D eigenvalue weighted by molar-refractivity contribution is 7.95. The zero-order valence-electron chi connectivity index (χ0n) is 24.0. The van der Waals surface area contributed by atoms with Crippen molar-refractivity contribution in [1.82, 2.24) is 9.80 Å². The highest BCUT2D eigenvalue weighted by Crippen LogP contribution is 2.55. The maximum atomic E-state index is 15.1. The molecular weight excluding hydrogens is 718 g/mol. The molecule has 0 spiro atoms. The highest BCUT2D eigenvalue weighted by Gasteiger charge is 2.64. The summed E-state index contributed by atoms with van der Waals surface area (Å²) in [6.07, 6.45) is -7.33. The van der Waals surface area contributed by atoms with E-state index in [9.17, 15) is 31.2 Å². The molecule has 0 bridgehead atoms. The van der Waals surface area contributed by atoms with E-state index in [1.54, 1.807) is 6.07 Å². The quantitative estimate of drug-likeness (QED) is 0.299. The van der Waals surface area contributed by atoms with Crippen LogP contribution in [0.4, 0.5) is 18.9 Å². The number of para-hydroxylation sites is 1. The Morgan fingerprint density at radius 3 is 2.33 bits per heavy atom. The average Bonchev–Trinajstić information content (AvgIpc) is 3.64. The van der Waals surface area contributed by atoms with E-state index in [2.05, 4.69) is 0 Å². The summed E-state index contributed by atoms with van der Waals surface area (Å²) in [6.45, 7) is -0.591. The van der Waals surface area contributed by atoms with Crippen LogP contribution in [0.2, 0.25) is 14.4 Å². The monoisotopic (exact) mass is 739 g/mol. The maximum Gasteiger partial charge on any atom is 0.490 e. The Balaban J connectivity index is 1.83. The topological polar surface area (TPSA) is 114 Å². The van der Waals surface area contributed by atoms with Crippen LogP contribution < -0.4 is 9.04 Å². The van der Waals surface area contributed by atoms with Crippen LogP contribution in [0.5, 0.6) is 5.75 Å². The zero-order chi connectivity index (χ0) is 33.9. The van der Waals surface area contributed by atoms with Crippen molar-refractivity contribution in [2.75, 3.05) is 32.1 Å².